The number of hydrogen-bond donors (Lipinski definition) is 2. The van der Waals surface area contributed by atoms with E-state index in [-0.39, 0.29) is 0 Å². The number of anilines is 1. The summed E-state index contributed by atoms with van der Waals surface area (Å²) in [5, 5.41) is 3.69. The first-order valence-corrected chi connectivity index (χ1v) is 5.98. The van der Waals surface area contributed by atoms with Gasteiger partial charge >= 0.3 is 0 Å². The third kappa shape index (κ3) is 2.28. The van der Waals surface area contributed by atoms with Crippen LogP contribution in [0.5, 0.6) is 0 Å². The first-order chi connectivity index (χ1) is 8.81. The number of H-pyrrole nitrogens is 1. The zero-order valence-corrected chi connectivity index (χ0v) is 10.3. The van der Waals surface area contributed by atoms with Gasteiger partial charge in [-0.2, -0.15) is 0 Å². The highest BCUT2D eigenvalue weighted by Crippen LogP contribution is 2.16. The molecule has 3 rings (SSSR count). The molecule has 2 heterocycles. The Morgan fingerprint density at radius 3 is 2.89 bits per heavy atom. The van der Waals surface area contributed by atoms with Crippen LogP contribution in [0.15, 0.2) is 42.6 Å². The number of nitrogens with one attached hydrogen (secondary N) is 2. The molecule has 0 spiro atoms. The van der Waals surface area contributed by atoms with Crippen molar-refractivity contribution in [2.24, 2.45) is 0 Å². The Labute approximate surface area is 109 Å². The van der Waals surface area contributed by atoms with Gasteiger partial charge in [0, 0.05) is 12.6 Å². The van der Waals surface area contributed by atoms with E-state index in [0.717, 1.165) is 23.5 Å². The van der Waals surface area contributed by atoms with Crippen LogP contribution in [0.1, 0.15) is 5.56 Å². The quantitative estimate of drug-likeness (QED) is 0.709. The molecule has 3 aromatic rings. The van der Waals surface area contributed by atoms with E-state index in [0.29, 0.717) is 5.15 Å². The van der Waals surface area contributed by atoms with E-state index in [2.05, 4.69) is 32.4 Å². The van der Waals surface area contributed by atoms with E-state index >= 15 is 0 Å². The second kappa shape index (κ2) is 4.66. The molecule has 0 saturated carbocycles. The molecule has 0 atom stereocenters. The second-order valence-electron chi connectivity index (χ2n) is 3.95. The molecule has 2 aromatic heterocycles. The van der Waals surface area contributed by atoms with Crippen molar-refractivity contribution in [3.8, 4) is 0 Å². The summed E-state index contributed by atoms with van der Waals surface area (Å²) >= 11 is 5.82. The topological polar surface area (TPSA) is 53.6 Å². The highest BCUT2D eigenvalue weighted by molar-refractivity contribution is 6.29. The van der Waals surface area contributed by atoms with Crippen LogP contribution in [0.3, 0.4) is 0 Å². The van der Waals surface area contributed by atoms with Gasteiger partial charge in [0.25, 0.3) is 0 Å². The predicted octanol–water partition coefficient (Wildman–Crippen LogP) is 3.22. The number of rotatable bonds is 3. The second-order valence-corrected chi connectivity index (χ2v) is 4.34. The van der Waals surface area contributed by atoms with Gasteiger partial charge in [0.15, 0.2) is 0 Å². The van der Waals surface area contributed by atoms with E-state index in [1.54, 1.807) is 12.3 Å². The predicted molar refractivity (Wildman–Crippen MR) is 72.7 cm³/mol. The highest BCUT2D eigenvalue weighted by Gasteiger charge is 2.03. The standard InChI is InChI=1S/C13H11ClN4/c14-12-6-10-11(8-15-12)18-13(17-10)16-7-9-4-2-1-3-5-9/h1-6,8H,7H2,(H2,16,17,18). The van der Waals surface area contributed by atoms with Gasteiger partial charge in [0.1, 0.15) is 10.7 Å². The Hall–Kier alpha value is -2.07. The van der Waals surface area contributed by atoms with E-state index in [4.69, 9.17) is 11.6 Å². The SMILES string of the molecule is Clc1cc2[nH]c(NCc3ccccc3)nc2cn1. The summed E-state index contributed by atoms with van der Waals surface area (Å²) in [6, 6.07) is 11.9. The molecule has 0 aliphatic carbocycles. The lowest BCUT2D eigenvalue weighted by Gasteiger charge is -2.01. The zero-order valence-electron chi connectivity index (χ0n) is 9.52. The molecular formula is C13H11ClN4. The molecule has 0 saturated heterocycles. The van der Waals surface area contributed by atoms with Gasteiger partial charge in [-0.15, -0.1) is 0 Å². The van der Waals surface area contributed by atoms with Crippen LogP contribution in [0.2, 0.25) is 5.15 Å². The number of halogens is 1. The number of hydrogen-bond acceptors (Lipinski definition) is 3. The Bertz CT molecular complexity index is 663. The minimum absolute atomic E-state index is 0.459. The fourth-order valence-corrected chi connectivity index (χ4v) is 1.91. The Morgan fingerprint density at radius 2 is 2.06 bits per heavy atom. The van der Waals surface area contributed by atoms with Crippen molar-refractivity contribution in [3.05, 3.63) is 53.3 Å². The van der Waals surface area contributed by atoms with Gasteiger partial charge in [-0.25, -0.2) is 9.97 Å². The number of fused-ring (bicyclic) bond motifs is 1. The number of pyridine rings is 1. The lowest BCUT2D eigenvalue weighted by atomic mass is 10.2. The summed E-state index contributed by atoms with van der Waals surface area (Å²) < 4.78 is 0. The third-order valence-corrected chi connectivity index (χ3v) is 2.84. The van der Waals surface area contributed by atoms with Gasteiger partial charge in [-0.3, -0.25) is 0 Å². The van der Waals surface area contributed by atoms with E-state index in [1.165, 1.54) is 5.56 Å². The minimum Gasteiger partial charge on any atom is -0.352 e. The fraction of sp³-hybridized carbons (Fsp3) is 0.0769. The molecular weight excluding hydrogens is 248 g/mol. The monoisotopic (exact) mass is 258 g/mol. The van der Waals surface area contributed by atoms with Gasteiger partial charge in [-0.05, 0) is 5.56 Å². The van der Waals surface area contributed by atoms with Crippen molar-refractivity contribution in [1.29, 1.82) is 0 Å². The summed E-state index contributed by atoms with van der Waals surface area (Å²) in [5.41, 5.74) is 2.88. The zero-order chi connectivity index (χ0) is 12.4. The molecule has 0 unspecified atom stereocenters. The first-order valence-electron chi connectivity index (χ1n) is 5.60. The summed E-state index contributed by atoms with van der Waals surface area (Å²) in [6.45, 7) is 0.724. The van der Waals surface area contributed by atoms with Crippen LogP contribution in [0.4, 0.5) is 5.95 Å². The maximum atomic E-state index is 5.82. The molecule has 0 aliphatic heterocycles. The lowest BCUT2D eigenvalue weighted by Crippen LogP contribution is -2.00. The molecule has 0 aliphatic rings. The van der Waals surface area contributed by atoms with Crippen molar-refractivity contribution in [3.63, 3.8) is 0 Å². The average Bonchev–Trinajstić information content (AvgIpc) is 2.79. The summed E-state index contributed by atoms with van der Waals surface area (Å²) in [5.74, 6) is 0.720. The van der Waals surface area contributed by atoms with Crippen LogP contribution in [-0.4, -0.2) is 15.0 Å². The molecule has 1 aromatic carbocycles. The molecule has 90 valence electrons. The van der Waals surface area contributed by atoms with Gasteiger partial charge in [0.2, 0.25) is 5.95 Å². The molecule has 2 N–H and O–H groups in total. The minimum atomic E-state index is 0.459. The summed E-state index contributed by atoms with van der Waals surface area (Å²) in [7, 11) is 0. The highest BCUT2D eigenvalue weighted by atomic mass is 35.5. The maximum absolute atomic E-state index is 5.82. The Balaban J connectivity index is 1.79. The third-order valence-electron chi connectivity index (χ3n) is 2.64. The van der Waals surface area contributed by atoms with Crippen LogP contribution in [0.25, 0.3) is 11.0 Å². The van der Waals surface area contributed by atoms with Crippen LogP contribution < -0.4 is 5.32 Å². The lowest BCUT2D eigenvalue weighted by molar-refractivity contribution is 1.10. The van der Waals surface area contributed by atoms with Crippen LogP contribution in [0, 0.1) is 0 Å². The van der Waals surface area contributed by atoms with Gasteiger partial charge in [0.05, 0.1) is 11.7 Å². The first kappa shape index (κ1) is 11.0. The van der Waals surface area contributed by atoms with Crippen LogP contribution in [-0.2, 0) is 6.54 Å². The number of aromatic amines is 1. The molecule has 5 heteroatoms. The summed E-state index contributed by atoms with van der Waals surface area (Å²) in [6.07, 6.45) is 1.65. The van der Waals surface area contributed by atoms with Crippen LogP contribution >= 0.6 is 11.6 Å². The van der Waals surface area contributed by atoms with E-state index < -0.39 is 0 Å². The normalized spacial score (nSPS) is 10.7. The largest absolute Gasteiger partial charge is 0.352 e. The van der Waals surface area contributed by atoms with Crippen molar-refractivity contribution in [1.82, 2.24) is 15.0 Å². The molecule has 18 heavy (non-hydrogen) atoms. The van der Waals surface area contributed by atoms with Crippen molar-refractivity contribution < 1.29 is 0 Å². The van der Waals surface area contributed by atoms with E-state index in [9.17, 15) is 0 Å². The molecule has 0 amide bonds. The number of nitrogens with zero attached hydrogens (tertiary/aromatic N) is 2. The van der Waals surface area contributed by atoms with Crippen molar-refractivity contribution in [2.45, 2.75) is 6.54 Å². The van der Waals surface area contributed by atoms with E-state index in [1.807, 2.05) is 18.2 Å². The van der Waals surface area contributed by atoms with Gasteiger partial charge < -0.3 is 10.3 Å². The van der Waals surface area contributed by atoms with Gasteiger partial charge in [-0.1, -0.05) is 41.9 Å². The number of imidazole rings is 1. The van der Waals surface area contributed by atoms with Crippen molar-refractivity contribution in [2.75, 3.05) is 5.32 Å². The molecule has 4 nitrogen and oxygen atoms in total. The maximum Gasteiger partial charge on any atom is 0.201 e. The Kier molecular flexibility index (Phi) is 2.86. The van der Waals surface area contributed by atoms with Crippen molar-refractivity contribution >= 4 is 28.6 Å². The molecule has 0 radical (unpaired) electrons. The number of benzene rings is 1. The Morgan fingerprint density at radius 1 is 1.22 bits per heavy atom. The molecule has 0 bridgehead atoms. The fourth-order valence-electron chi connectivity index (χ4n) is 1.75. The smallest absolute Gasteiger partial charge is 0.201 e. The summed E-state index contributed by atoms with van der Waals surface area (Å²) in [4.78, 5) is 11.5. The molecule has 0 fully saturated rings. The number of aromatic nitrogens is 3. The average molecular weight is 259 g/mol.